The molecule has 2 aliphatic rings. The number of aliphatic hydroxyl groups excluding tert-OH is 1. The van der Waals surface area contributed by atoms with Crippen molar-refractivity contribution in [2.75, 3.05) is 13.2 Å². The van der Waals surface area contributed by atoms with Crippen LogP contribution in [-0.4, -0.2) is 36.5 Å². The fourth-order valence-corrected chi connectivity index (χ4v) is 4.03. The summed E-state index contributed by atoms with van der Waals surface area (Å²) < 4.78 is 6.11. The Balaban J connectivity index is 1.69. The summed E-state index contributed by atoms with van der Waals surface area (Å²) in [5.41, 5.74) is 0. The number of ether oxygens (including phenoxy) is 1. The molecule has 2 saturated carbocycles. The second-order valence-electron chi connectivity index (χ2n) is 7.74. The predicted molar refractivity (Wildman–Crippen MR) is 87.3 cm³/mol. The average molecular weight is 297 g/mol. The molecule has 0 amide bonds. The third-order valence-electron chi connectivity index (χ3n) is 5.46. The van der Waals surface area contributed by atoms with Crippen LogP contribution in [0, 0.1) is 17.8 Å². The topological polar surface area (TPSA) is 41.5 Å². The second kappa shape index (κ2) is 8.50. The van der Waals surface area contributed by atoms with Crippen molar-refractivity contribution >= 4 is 0 Å². The van der Waals surface area contributed by atoms with Gasteiger partial charge < -0.3 is 15.2 Å². The minimum atomic E-state index is -0.365. The van der Waals surface area contributed by atoms with E-state index in [1.54, 1.807) is 0 Å². The first-order valence-electron chi connectivity index (χ1n) is 9.09. The molecule has 0 heterocycles. The van der Waals surface area contributed by atoms with E-state index >= 15 is 0 Å². The standard InChI is InChI=1S/C18H35NO2/c1-13(2)17-9-8-14(3)10-18(17)21-12-16(20)11-19-15-6-4-5-7-15/h13-20H,4-12H2,1-3H3. The van der Waals surface area contributed by atoms with E-state index in [-0.39, 0.29) is 6.10 Å². The Morgan fingerprint density at radius 1 is 1.14 bits per heavy atom. The van der Waals surface area contributed by atoms with Crippen LogP contribution in [-0.2, 0) is 4.74 Å². The lowest BCUT2D eigenvalue weighted by Gasteiger charge is -2.37. The molecule has 2 fully saturated rings. The lowest BCUT2D eigenvalue weighted by molar-refractivity contribution is -0.0685. The average Bonchev–Trinajstić information content (AvgIpc) is 2.96. The predicted octanol–water partition coefficient (Wildman–Crippen LogP) is 3.36. The molecule has 0 aromatic heterocycles. The highest BCUT2D eigenvalue weighted by Crippen LogP contribution is 2.35. The van der Waals surface area contributed by atoms with Crippen LogP contribution < -0.4 is 5.32 Å². The number of rotatable bonds is 7. The molecule has 124 valence electrons. The van der Waals surface area contributed by atoms with E-state index in [2.05, 4.69) is 26.1 Å². The van der Waals surface area contributed by atoms with Crippen molar-refractivity contribution in [1.82, 2.24) is 5.32 Å². The summed E-state index contributed by atoms with van der Waals surface area (Å²) in [7, 11) is 0. The number of aliphatic hydroxyl groups is 1. The van der Waals surface area contributed by atoms with Gasteiger partial charge in [0.05, 0.1) is 18.8 Å². The fraction of sp³-hybridized carbons (Fsp3) is 1.00. The Morgan fingerprint density at radius 3 is 2.52 bits per heavy atom. The quantitative estimate of drug-likeness (QED) is 0.757. The molecule has 21 heavy (non-hydrogen) atoms. The van der Waals surface area contributed by atoms with Crippen molar-refractivity contribution in [2.45, 2.75) is 84.0 Å². The van der Waals surface area contributed by atoms with Crippen LogP contribution in [0.1, 0.15) is 65.7 Å². The zero-order valence-electron chi connectivity index (χ0n) is 14.2. The van der Waals surface area contributed by atoms with Crippen molar-refractivity contribution in [1.29, 1.82) is 0 Å². The van der Waals surface area contributed by atoms with Gasteiger partial charge in [-0.1, -0.05) is 40.0 Å². The van der Waals surface area contributed by atoms with Gasteiger partial charge in [-0.15, -0.1) is 0 Å². The molecule has 2 N–H and O–H groups in total. The number of hydrogen-bond acceptors (Lipinski definition) is 3. The van der Waals surface area contributed by atoms with Crippen LogP contribution in [0.15, 0.2) is 0 Å². The van der Waals surface area contributed by atoms with Gasteiger partial charge in [-0.05, 0) is 43.4 Å². The molecular weight excluding hydrogens is 262 g/mol. The van der Waals surface area contributed by atoms with Gasteiger partial charge in [-0.3, -0.25) is 0 Å². The maximum absolute atomic E-state index is 10.1. The van der Waals surface area contributed by atoms with E-state index in [4.69, 9.17) is 4.74 Å². The van der Waals surface area contributed by atoms with Crippen LogP contribution in [0.4, 0.5) is 0 Å². The van der Waals surface area contributed by atoms with Crippen molar-refractivity contribution < 1.29 is 9.84 Å². The van der Waals surface area contributed by atoms with Crippen molar-refractivity contribution in [3.8, 4) is 0 Å². The molecule has 0 spiro atoms. The second-order valence-corrected chi connectivity index (χ2v) is 7.74. The summed E-state index contributed by atoms with van der Waals surface area (Å²) in [6, 6.07) is 0.623. The molecule has 0 bridgehead atoms. The maximum atomic E-state index is 10.1. The molecule has 0 radical (unpaired) electrons. The van der Waals surface area contributed by atoms with Gasteiger partial charge in [0, 0.05) is 12.6 Å². The Labute approximate surface area is 130 Å². The van der Waals surface area contributed by atoms with Crippen molar-refractivity contribution in [3.63, 3.8) is 0 Å². The van der Waals surface area contributed by atoms with Crippen LogP contribution >= 0.6 is 0 Å². The minimum absolute atomic E-state index is 0.342. The molecule has 4 atom stereocenters. The van der Waals surface area contributed by atoms with Gasteiger partial charge in [0.1, 0.15) is 0 Å². The van der Waals surface area contributed by atoms with E-state index in [9.17, 15) is 5.11 Å². The van der Waals surface area contributed by atoms with E-state index < -0.39 is 0 Å². The highest BCUT2D eigenvalue weighted by molar-refractivity contribution is 4.82. The van der Waals surface area contributed by atoms with Gasteiger partial charge in [-0.2, -0.15) is 0 Å². The maximum Gasteiger partial charge on any atom is 0.0897 e. The van der Waals surface area contributed by atoms with Gasteiger partial charge in [0.25, 0.3) is 0 Å². The summed E-state index contributed by atoms with van der Waals surface area (Å²) in [6.07, 6.45) is 8.94. The van der Waals surface area contributed by atoms with Gasteiger partial charge in [0.2, 0.25) is 0 Å². The van der Waals surface area contributed by atoms with Crippen LogP contribution in [0.3, 0.4) is 0 Å². The summed E-state index contributed by atoms with van der Waals surface area (Å²) in [5, 5.41) is 13.6. The molecule has 3 nitrogen and oxygen atoms in total. The zero-order chi connectivity index (χ0) is 15.2. The molecule has 2 aliphatic carbocycles. The third-order valence-corrected chi connectivity index (χ3v) is 5.46. The first-order valence-corrected chi connectivity index (χ1v) is 9.09. The van der Waals surface area contributed by atoms with Crippen LogP contribution in [0.5, 0.6) is 0 Å². The van der Waals surface area contributed by atoms with Crippen LogP contribution in [0.25, 0.3) is 0 Å². The molecular formula is C18H35NO2. The first-order chi connectivity index (χ1) is 10.1. The highest BCUT2D eigenvalue weighted by Gasteiger charge is 2.31. The summed E-state index contributed by atoms with van der Waals surface area (Å²) in [5.74, 6) is 2.10. The van der Waals surface area contributed by atoms with Gasteiger partial charge in [-0.25, -0.2) is 0 Å². The van der Waals surface area contributed by atoms with Crippen molar-refractivity contribution in [3.05, 3.63) is 0 Å². The fourth-order valence-electron chi connectivity index (χ4n) is 4.03. The smallest absolute Gasteiger partial charge is 0.0897 e. The first kappa shape index (κ1) is 17.2. The molecule has 2 rings (SSSR count). The largest absolute Gasteiger partial charge is 0.389 e. The van der Waals surface area contributed by atoms with E-state index in [1.165, 1.54) is 38.5 Å². The highest BCUT2D eigenvalue weighted by atomic mass is 16.5. The van der Waals surface area contributed by atoms with E-state index in [0.29, 0.717) is 37.1 Å². The Kier molecular flexibility index (Phi) is 6.97. The molecule has 0 saturated heterocycles. The minimum Gasteiger partial charge on any atom is -0.389 e. The Morgan fingerprint density at radius 2 is 1.86 bits per heavy atom. The molecule has 0 aliphatic heterocycles. The Bertz CT molecular complexity index is 289. The molecule has 3 heteroatoms. The lowest BCUT2D eigenvalue weighted by atomic mass is 9.75. The normalized spacial score (nSPS) is 32.7. The summed E-state index contributed by atoms with van der Waals surface area (Å²) in [6.45, 7) is 8.09. The Hall–Kier alpha value is -0.120. The van der Waals surface area contributed by atoms with E-state index in [1.807, 2.05) is 0 Å². The molecule has 0 aromatic carbocycles. The number of nitrogens with one attached hydrogen (secondary N) is 1. The molecule has 4 unspecified atom stereocenters. The molecule has 0 aromatic rings. The third kappa shape index (κ3) is 5.54. The van der Waals surface area contributed by atoms with Crippen molar-refractivity contribution in [2.24, 2.45) is 17.8 Å². The SMILES string of the molecule is CC1CCC(C(C)C)C(OCC(O)CNC2CCCC2)C1. The lowest BCUT2D eigenvalue weighted by Crippen LogP contribution is -2.39. The summed E-state index contributed by atoms with van der Waals surface area (Å²) in [4.78, 5) is 0. The zero-order valence-corrected chi connectivity index (χ0v) is 14.2. The summed E-state index contributed by atoms with van der Waals surface area (Å²) >= 11 is 0. The van der Waals surface area contributed by atoms with Gasteiger partial charge in [0.15, 0.2) is 0 Å². The monoisotopic (exact) mass is 297 g/mol. The van der Waals surface area contributed by atoms with E-state index in [0.717, 1.165) is 12.3 Å². The van der Waals surface area contributed by atoms with Crippen LogP contribution in [0.2, 0.25) is 0 Å². The van der Waals surface area contributed by atoms with Gasteiger partial charge >= 0.3 is 0 Å². The number of hydrogen-bond donors (Lipinski definition) is 2.